The first-order valence-corrected chi connectivity index (χ1v) is 5.20. The Kier molecular flexibility index (Phi) is 4.79. The molecule has 0 aromatic heterocycles. The molecule has 0 spiro atoms. The number of carbonyl (C=O) groups excluding carboxylic acids is 2. The van der Waals surface area contributed by atoms with Crippen LogP contribution in [0.1, 0.15) is 10.4 Å². The standard InChI is InChI=1S/C11H6Cl2N2O2/c12-7-3-1-4-8(13)10(7)11(17)9(15-14)5-2-6-16/h1-6H/b5-2+. The van der Waals surface area contributed by atoms with E-state index in [2.05, 4.69) is 4.79 Å². The zero-order valence-electron chi connectivity index (χ0n) is 8.43. The number of halogens is 2. The number of hydrogen-bond acceptors (Lipinski definition) is 2. The zero-order valence-corrected chi connectivity index (χ0v) is 9.94. The lowest BCUT2D eigenvalue weighted by Gasteiger charge is -2.01. The Hall–Kier alpha value is -1.74. The normalized spacial score (nSPS) is 10.0. The highest BCUT2D eigenvalue weighted by atomic mass is 35.5. The van der Waals surface area contributed by atoms with Crippen molar-refractivity contribution < 1.29 is 14.4 Å². The van der Waals surface area contributed by atoms with Gasteiger partial charge in [-0.2, -0.15) is 4.79 Å². The third kappa shape index (κ3) is 3.11. The van der Waals surface area contributed by atoms with Crippen molar-refractivity contribution >= 4 is 41.0 Å². The molecule has 1 aromatic rings. The van der Waals surface area contributed by atoms with Crippen LogP contribution >= 0.6 is 23.2 Å². The van der Waals surface area contributed by atoms with Crippen molar-refractivity contribution in [2.45, 2.75) is 0 Å². The van der Waals surface area contributed by atoms with Gasteiger partial charge in [-0.3, -0.25) is 9.59 Å². The van der Waals surface area contributed by atoms with E-state index < -0.39 is 5.78 Å². The van der Waals surface area contributed by atoms with E-state index in [4.69, 9.17) is 28.7 Å². The maximum atomic E-state index is 11.9. The molecular weight excluding hydrogens is 263 g/mol. The van der Waals surface area contributed by atoms with Crippen molar-refractivity contribution in [2.24, 2.45) is 0 Å². The summed E-state index contributed by atoms with van der Waals surface area (Å²) in [4.78, 5) is 24.8. The summed E-state index contributed by atoms with van der Waals surface area (Å²) >= 11 is 11.6. The Labute approximate surface area is 107 Å². The summed E-state index contributed by atoms with van der Waals surface area (Å²) in [5.74, 6) is -0.666. The van der Waals surface area contributed by atoms with Crippen molar-refractivity contribution in [2.75, 3.05) is 0 Å². The Morgan fingerprint density at radius 1 is 1.29 bits per heavy atom. The summed E-state index contributed by atoms with van der Waals surface area (Å²) < 4.78 is 0. The van der Waals surface area contributed by atoms with Gasteiger partial charge >= 0.3 is 5.71 Å². The highest BCUT2D eigenvalue weighted by molar-refractivity contribution is 6.53. The van der Waals surface area contributed by atoms with Crippen LogP contribution in [-0.2, 0) is 4.79 Å². The second-order valence-electron chi connectivity index (χ2n) is 2.91. The minimum atomic E-state index is -0.666. The van der Waals surface area contributed by atoms with Gasteiger partial charge in [0.2, 0.25) is 0 Å². The summed E-state index contributed by atoms with van der Waals surface area (Å²) in [7, 11) is 0. The van der Waals surface area contributed by atoms with E-state index in [1.807, 2.05) is 0 Å². The zero-order chi connectivity index (χ0) is 12.8. The van der Waals surface area contributed by atoms with Crippen molar-refractivity contribution in [1.29, 1.82) is 0 Å². The van der Waals surface area contributed by atoms with Crippen LogP contribution in [0.15, 0.2) is 30.4 Å². The van der Waals surface area contributed by atoms with E-state index in [1.165, 1.54) is 12.1 Å². The van der Waals surface area contributed by atoms with E-state index in [1.54, 1.807) is 6.07 Å². The molecule has 0 unspecified atom stereocenters. The molecule has 0 bridgehead atoms. The number of ketones is 1. The van der Waals surface area contributed by atoms with Gasteiger partial charge in [0.1, 0.15) is 6.29 Å². The smallest absolute Gasteiger partial charge is 0.361 e. The van der Waals surface area contributed by atoms with E-state index in [0.29, 0.717) is 6.29 Å². The van der Waals surface area contributed by atoms with Crippen molar-refractivity contribution in [3.05, 3.63) is 51.5 Å². The van der Waals surface area contributed by atoms with Gasteiger partial charge in [0, 0.05) is 6.08 Å². The van der Waals surface area contributed by atoms with Gasteiger partial charge in [0.05, 0.1) is 15.6 Å². The Balaban J connectivity index is 3.25. The molecule has 1 aromatic carbocycles. The SMILES string of the molecule is [N-]=[N+]=C(/C=C/C=O)C(=O)c1c(Cl)cccc1Cl. The first-order valence-electron chi connectivity index (χ1n) is 4.44. The average Bonchev–Trinajstić information content (AvgIpc) is 2.30. The first kappa shape index (κ1) is 13.3. The molecule has 0 aliphatic rings. The van der Waals surface area contributed by atoms with Gasteiger partial charge in [0.25, 0.3) is 5.78 Å². The number of Topliss-reactive ketones (excluding diaryl/α,β-unsaturated/α-hetero) is 1. The minimum absolute atomic E-state index is 0.0270. The van der Waals surface area contributed by atoms with Crippen LogP contribution in [-0.4, -0.2) is 22.6 Å². The maximum absolute atomic E-state index is 11.9. The van der Waals surface area contributed by atoms with E-state index in [-0.39, 0.29) is 21.3 Å². The molecule has 4 nitrogen and oxygen atoms in total. The van der Waals surface area contributed by atoms with Crippen LogP contribution in [0.25, 0.3) is 5.53 Å². The number of carbonyl (C=O) groups is 2. The van der Waals surface area contributed by atoms with Crippen molar-refractivity contribution in [3.8, 4) is 0 Å². The van der Waals surface area contributed by atoms with Crippen LogP contribution in [0.4, 0.5) is 0 Å². The lowest BCUT2D eigenvalue weighted by atomic mass is 10.1. The van der Waals surface area contributed by atoms with Crippen molar-refractivity contribution in [1.82, 2.24) is 0 Å². The Morgan fingerprint density at radius 3 is 2.35 bits per heavy atom. The molecule has 0 heterocycles. The average molecular weight is 269 g/mol. The molecule has 0 aliphatic heterocycles. The fourth-order valence-corrected chi connectivity index (χ4v) is 1.70. The lowest BCUT2D eigenvalue weighted by molar-refractivity contribution is -0.104. The summed E-state index contributed by atoms with van der Waals surface area (Å²) in [5.41, 5.74) is 8.38. The second-order valence-corrected chi connectivity index (χ2v) is 3.72. The topological polar surface area (TPSA) is 70.5 Å². The summed E-state index contributed by atoms with van der Waals surface area (Å²) in [6, 6.07) is 4.55. The van der Waals surface area contributed by atoms with Gasteiger partial charge in [-0.25, -0.2) is 0 Å². The maximum Gasteiger partial charge on any atom is 0.362 e. The van der Waals surface area contributed by atoms with E-state index in [0.717, 1.165) is 12.2 Å². The Bertz CT molecular complexity index is 526. The molecule has 0 atom stereocenters. The Morgan fingerprint density at radius 2 is 1.88 bits per heavy atom. The number of hydrogen-bond donors (Lipinski definition) is 0. The molecule has 0 aliphatic carbocycles. The van der Waals surface area contributed by atoms with Crippen LogP contribution in [0, 0.1) is 0 Å². The summed E-state index contributed by atoms with van der Waals surface area (Å²) in [6.07, 6.45) is 2.54. The van der Waals surface area contributed by atoms with Crippen LogP contribution in [0.5, 0.6) is 0 Å². The van der Waals surface area contributed by atoms with E-state index in [9.17, 15) is 9.59 Å². The molecule has 6 heteroatoms. The highest BCUT2D eigenvalue weighted by Crippen LogP contribution is 2.24. The number of nitrogens with zero attached hydrogens (tertiary/aromatic N) is 2. The van der Waals surface area contributed by atoms with Gasteiger partial charge in [-0.15, -0.1) is 0 Å². The minimum Gasteiger partial charge on any atom is -0.361 e. The van der Waals surface area contributed by atoms with Gasteiger partial charge in [-0.1, -0.05) is 29.3 Å². The monoisotopic (exact) mass is 268 g/mol. The third-order valence-corrected chi connectivity index (χ3v) is 2.49. The van der Waals surface area contributed by atoms with Gasteiger partial charge < -0.3 is 5.53 Å². The molecule has 17 heavy (non-hydrogen) atoms. The molecule has 0 N–H and O–H groups in total. The number of allylic oxidation sites excluding steroid dienone is 2. The lowest BCUT2D eigenvalue weighted by Crippen LogP contribution is -2.14. The number of aldehydes is 1. The molecule has 0 radical (unpaired) electrons. The predicted molar refractivity (Wildman–Crippen MR) is 64.6 cm³/mol. The third-order valence-electron chi connectivity index (χ3n) is 1.86. The molecule has 86 valence electrons. The van der Waals surface area contributed by atoms with Crippen LogP contribution in [0.3, 0.4) is 0 Å². The molecule has 0 saturated carbocycles. The van der Waals surface area contributed by atoms with E-state index >= 15 is 0 Å². The molecular formula is C11H6Cl2N2O2. The van der Waals surface area contributed by atoms with Crippen LogP contribution < -0.4 is 0 Å². The van der Waals surface area contributed by atoms with Gasteiger partial charge in [-0.05, 0) is 18.2 Å². The second kappa shape index (κ2) is 6.11. The fourth-order valence-electron chi connectivity index (χ4n) is 1.13. The molecule has 0 fully saturated rings. The first-order chi connectivity index (χ1) is 8.11. The summed E-state index contributed by atoms with van der Waals surface area (Å²) in [6.45, 7) is 0. The summed E-state index contributed by atoms with van der Waals surface area (Å²) in [5, 5.41) is 0.284. The number of benzene rings is 1. The quantitative estimate of drug-likeness (QED) is 0.210. The molecule has 0 amide bonds. The largest absolute Gasteiger partial charge is 0.362 e. The molecule has 1 rings (SSSR count). The highest BCUT2D eigenvalue weighted by Gasteiger charge is 2.24. The molecule has 0 saturated heterocycles. The fraction of sp³-hybridized carbons (Fsp3) is 0. The predicted octanol–water partition coefficient (Wildman–Crippen LogP) is 2.60. The van der Waals surface area contributed by atoms with Crippen LogP contribution in [0.2, 0.25) is 10.0 Å². The van der Waals surface area contributed by atoms with Crippen molar-refractivity contribution in [3.63, 3.8) is 0 Å². The number of rotatable bonds is 4. The van der Waals surface area contributed by atoms with Gasteiger partial charge in [0.15, 0.2) is 0 Å².